The van der Waals surface area contributed by atoms with Gasteiger partial charge in [0, 0.05) is 6.42 Å². The van der Waals surface area contributed by atoms with E-state index in [1.807, 2.05) is 36.4 Å². The molecule has 4 aromatic rings. The van der Waals surface area contributed by atoms with Gasteiger partial charge in [0.05, 0.1) is 0 Å². The summed E-state index contributed by atoms with van der Waals surface area (Å²) in [5.41, 5.74) is 0. The van der Waals surface area contributed by atoms with Gasteiger partial charge >= 0.3 is 0 Å². The van der Waals surface area contributed by atoms with E-state index in [1.54, 1.807) is 0 Å². The van der Waals surface area contributed by atoms with Crippen molar-refractivity contribution < 1.29 is 28.4 Å². The SMILES string of the molecule is CCC(O[Si](C)(C)C)[P+](c1ccccc1)(c1ccccc1)c1ccccc1.[I-].c1ccccc1. The Balaban J connectivity index is 0.000000508. The molecule has 34 heavy (non-hydrogen) atoms. The van der Waals surface area contributed by atoms with Crippen molar-refractivity contribution >= 4 is 31.5 Å². The standard InChI is InChI=1S/C24H30OPSi.C6H6.HI/c1-5-24(25-27(2,3)4)26(21-15-9-6-10-16-21,22-17-11-7-12-18-22)23-19-13-8-14-20-23;1-2-4-6-5-3-1;/h6-20,24H,5H2,1-4H3;1-6H;1H/q+1;;/p-1. The summed E-state index contributed by atoms with van der Waals surface area (Å²) >= 11 is 0. The Hall–Kier alpha value is -1.78. The van der Waals surface area contributed by atoms with Gasteiger partial charge in [-0.3, -0.25) is 0 Å². The second-order valence-electron chi connectivity index (χ2n) is 8.98. The van der Waals surface area contributed by atoms with Gasteiger partial charge in [0.25, 0.3) is 0 Å². The van der Waals surface area contributed by atoms with Crippen LogP contribution in [0, 0.1) is 0 Å². The molecule has 0 amide bonds. The normalized spacial score (nSPS) is 12.0. The number of halogens is 1. The van der Waals surface area contributed by atoms with Crippen LogP contribution in [-0.2, 0) is 4.43 Å². The molecule has 0 saturated carbocycles. The minimum absolute atomic E-state index is 0. The molecule has 178 valence electrons. The quantitative estimate of drug-likeness (QED) is 0.176. The fourth-order valence-corrected chi connectivity index (χ4v) is 11.1. The van der Waals surface area contributed by atoms with Crippen molar-refractivity contribution in [2.24, 2.45) is 0 Å². The Bertz CT molecular complexity index is 931. The van der Waals surface area contributed by atoms with Gasteiger partial charge in [-0.2, -0.15) is 0 Å². The van der Waals surface area contributed by atoms with Gasteiger partial charge in [-0.25, -0.2) is 0 Å². The van der Waals surface area contributed by atoms with Gasteiger partial charge in [0.1, 0.15) is 23.2 Å². The van der Waals surface area contributed by atoms with Crippen molar-refractivity contribution in [3.8, 4) is 0 Å². The number of benzene rings is 4. The Kier molecular flexibility index (Phi) is 11.7. The summed E-state index contributed by atoms with van der Waals surface area (Å²) in [6.07, 6.45) is 0.997. The molecule has 0 radical (unpaired) electrons. The third kappa shape index (κ3) is 7.36. The smallest absolute Gasteiger partial charge is 0.188 e. The van der Waals surface area contributed by atoms with Gasteiger partial charge in [0.15, 0.2) is 14.2 Å². The van der Waals surface area contributed by atoms with Crippen LogP contribution in [-0.4, -0.2) is 14.2 Å². The summed E-state index contributed by atoms with van der Waals surface area (Å²) in [6.45, 7) is 9.16. The third-order valence-corrected chi connectivity index (χ3v) is 11.3. The van der Waals surface area contributed by atoms with Crippen LogP contribution in [0.2, 0.25) is 19.6 Å². The molecule has 0 spiro atoms. The lowest BCUT2D eigenvalue weighted by molar-refractivity contribution is -0.00000794. The molecule has 0 aliphatic carbocycles. The second-order valence-corrected chi connectivity index (χ2v) is 17.0. The Morgan fingerprint density at radius 3 is 1.06 bits per heavy atom. The highest BCUT2D eigenvalue weighted by molar-refractivity contribution is 7.96. The molecule has 4 heteroatoms. The molecule has 0 aliphatic heterocycles. The lowest BCUT2D eigenvalue weighted by Crippen LogP contribution is -3.00. The monoisotopic (exact) mass is 598 g/mol. The molecular formula is C30H36IOPSi. The summed E-state index contributed by atoms with van der Waals surface area (Å²) < 4.78 is 6.90. The van der Waals surface area contributed by atoms with Crippen LogP contribution in [0.4, 0.5) is 0 Å². The van der Waals surface area contributed by atoms with E-state index in [1.165, 1.54) is 15.9 Å². The second kappa shape index (κ2) is 13.9. The lowest BCUT2D eigenvalue weighted by atomic mass is 10.3. The highest BCUT2D eigenvalue weighted by Crippen LogP contribution is 2.61. The van der Waals surface area contributed by atoms with Gasteiger partial charge in [-0.1, -0.05) is 97.9 Å². The van der Waals surface area contributed by atoms with Crippen molar-refractivity contribution in [3.63, 3.8) is 0 Å². The predicted octanol–water partition coefficient (Wildman–Crippen LogP) is 4.26. The van der Waals surface area contributed by atoms with Gasteiger partial charge in [0.2, 0.25) is 0 Å². The first kappa shape index (κ1) is 28.5. The van der Waals surface area contributed by atoms with Gasteiger partial charge < -0.3 is 28.4 Å². The minimum Gasteiger partial charge on any atom is -1.00 e. The average Bonchev–Trinajstić information content (AvgIpc) is 2.86. The predicted molar refractivity (Wildman–Crippen MR) is 150 cm³/mol. The fraction of sp³-hybridized carbons (Fsp3) is 0.200. The van der Waals surface area contributed by atoms with Crippen molar-refractivity contribution in [3.05, 3.63) is 127 Å². The molecule has 0 fully saturated rings. The van der Waals surface area contributed by atoms with E-state index in [9.17, 15) is 0 Å². The first-order valence-electron chi connectivity index (χ1n) is 11.7. The van der Waals surface area contributed by atoms with Crippen molar-refractivity contribution in [2.75, 3.05) is 0 Å². The zero-order valence-electron chi connectivity index (χ0n) is 20.6. The van der Waals surface area contributed by atoms with Crippen molar-refractivity contribution in [1.29, 1.82) is 0 Å². The number of rotatable bonds is 7. The van der Waals surface area contributed by atoms with Crippen LogP contribution < -0.4 is 39.9 Å². The summed E-state index contributed by atoms with van der Waals surface area (Å²) in [5.74, 6) is 0.177. The summed E-state index contributed by atoms with van der Waals surface area (Å²) in [7, 11) is -3.67. The topological polar surface area (TPSA) is 9.23 Å². The van der Waals surface area contributed by atoms with E-state index in [4.69, 9.17) is 4.43 Å². The minimum atomic E-state index is -1.95. The number of hydrogen-bond acceptors (Lipinski definition) is 1. The molecule has 1 unspecified atom stereocenters. The molecule has 0 saturated heterocycles. The van der Waals surface area contributed by atoms with Crippen LogP contribution in [0.15, 0.2) is 127 Å². The zero-order valence-corrected chi connectivity index (χ0v) is 24.7. The van der Waals surface area contributed by atoms with E-state index in [2.05, 4.69) is 118 Å². The van der Waals surface area contributed by atoms with E-state index in [-0.39, 0.29) is 29.8 Å². The molecule has 1 atom stereocenters. The van der Waals surface area contributed by atoms with Crippen LogP contribution in [0.3, 0.4) is 0 Å². The summed E-state index contributed by atoms with van der Waals surface area (Å²) in [4.78, 5) is 0. The molecule has 0 aliphatic rings. The molecule has 1 nitrogen and oxygen atoms in total. The maximum Gasteiger partial charge on any atom is 0.188 e. The van der Waals surface area contributed by atoms with Gasteiger partial charge in [-0.15, -0.1) is 0 Å². The third-order valence-electron chi connectivity index (χ3n) is 5.43. The first-order chi connectivity index (χ1) is 16.0. The Morgan fingerprint density at radius 1 is 0.559 bits per heavy atom. The van der Waals surface area contributed by atoms with E-state index in [0.717, 1.165) is 6.42 Å². The molecule has 0 bridgehead atoms. The highest BCUT2D eigenvalue weighted by atomic mass is 127. The largest absolute Gasteiger partial charge is 1.00 e. The van der Waals surface area contributed by atoms with Crippen molar-refractivity contribution in [1.82, 2.24) is 0 Å². The Labute approximate surface area is 225 Å². The summed E-state index contributed by atoms with van der Waals surface area (Å²) in [5, 5.41) is 4.19. The first-order valence-corrected chi connectivity index (χ1v) is 17.0. The molecule has 4 aromatic carbocycles. The van der Waals surface area contributed by atoms with Crippen molar-refractivity contribution in [2.45, 2.75) is 38.8 Å². The fourth-order valence-electron chi connectivity index (χ4n) is 4.16. The molecule has 0 aromatic heterocycles. The summed E-state index contributed by atoms with van der Waals surface area (Å²) in [6, 6.07) is 45.1. The van der Waals surface area contributed by atoms with Crippen LogP contribution >= 0.6 is 7.26 Å². The molecule has 4 rings (SSSR count). The Morgan fingerprint density at radius 2 is 0.824 bits per heavy atom. The lowest BCUT2D eigenvalue weighted by Gasteiger charge is -2.37. The number of hydrogen-bond donors (Lipinski definition) is 0. The zero-order chi connectivity index (χ0) is 23.6. The maximum atomic E-state index is 6.90. The van der Waals surface area contributed by atoms with Crippen LogP contribution in [0.5, 0.6) is 0 Å². The molecule has 0 heterocycles. The average molecular weight is 599 g/mol. The molecular weight excluding hydrogens is 562 g/mol. The van der Waals surface area contributed by atoms with E-state index in [0.29, 0.717) is 0 Å². The van der Waals surface area contributed by atoms with Crippen LogP contribution in [0.1, 0.15) is 13.3 Å². The van der Waals surface area contributed by atoms with E-state index >= 15 is 0 Å². The van der Waals surface area contributed by atoms with E-state index < -0.39 is 15.6 Å². The van der Waals surface area contributed by atoms with Crippen LogP contribution in [0.25, 0.3) is 0 Å². The molecule has 0 N–H and O–H groups in total. The van der Waals surface area contributed by atoms with Gasteiger partial charge in [-0.05, 0) is 56.0 Å². The maximum absolute atomic E-state index is 6.90. The highest BCUT2D eigenvalue weighted by Gasteiger charge is 2.53.